The highest BCUT2D eigenvalue weighted by molar-refractivity contribution is 9.10. The normalized spacial score (nSPS) is 26.2. The minimum absolute atomic E-state index is 0.0958. The third-order valence-electron chi connectivity index (χ3n) is 5.99. The van der Waals surface area contributed by atoms with E-state index in [-0.39, 0.29) is 19.6 Å². The molecule has 1 aromatic carbocycles. The second-order valence-corrected chi connectivity index (χ2v) is 9.00. The second kappa shape index (κ2) is 8.74. The zero-order chi connectivity index (χ0) is 23.1. The molecule has 1 fully saturated rings. The van der Waals surface area contributed by atoms with E-state index in [1.54, 1.807) is 19.9 Å². The number of fused-ring (bicyclic) bond motifs is 1. The van der Waals surface area contributed by atoms with Crippen LogP contribution in [0.5, 0.6) is 0 Å². The van der Waals surface area contributed by atoms with Crippen LogP contribution in [0.3, 0.4) is 0 Å². The predicted molar refractivity (Wildman–Crippen MR) is 117 cm³/mol. The molecule has 0 amide bonds. The van der Waals surface area contributed by atoms with Crippen molar-refractivity contribution in [2.45, 2.75) is 52.6 Å². The minimum atomic E-state index is -1.68. The van der Waals surface area contributed by atoms with E-state index in [0.717, 1.165) is 16.7 Å². The van der Waals surface area contributed by atoms with Gasteiger partial charge >= 0.3 is 11.9 Å². The molecule has 4 atom stereocenters. The Morgan fingerprint density at radius 3 is 2.42 bits per heavy atom. The van der Waals surface area contributed by atoms with Gasteiger partial charge in [-0.25, -0.2) is 0 Å². The van der Waals surface area contributed by atoms with Crippen LogP contribution < -0.4 is 0 Å². The van der Waals surface area contributed by atoms with Gasteiger partial charge in [-0.3, -0.25) is 14.4 Å². The Labute approximate surface area is 189 Å². The number of furan rings is 1. The van der Waals surface area contributed by atoms with Gasteiger partial charge < -0.3 is 19.0 Å². The fourth-order valence-corrected chi connectivity index (χ4v) is 5.05. The summed E-state index contributed by atoms with van der Waals surface area (Å²) < 4.78 is 16.9. The van der Waals surface area contributed by atoms with E-state index in [1.807, 2.05) is 19.9 Å². The van der Waals surface area contributed by atoms with Crippen LogP contribution in [0, 0.1) is 25.7 Å². The number of esters is 2. The topological polar surface area (TPSA) is 103 Å². The molecule has 4 unspecified atom stereocenters. The lowest BCUT2D eigenvalue weighted by Gasteiger charge is -2.43. The Balaban J connectivity index is 2.27. The summed E-state index contributed by atoms with van der Waals surface area (Å²) in [6, 6.07) is 3.53. The first-order chi connectivity index (χ1) is 14.5. The molecule has 1 aliphatic rings. The summed E-state index contributed by atoms with van der Waals surface area (Å²) >= 11 is 3.51. The lowest BCUT2D eigenvalue weighted by molar-refractivity contribution is -0.172. The van der Waals surface area contributed by atoms with Crippen molar-refractivity contribution in [2.24, 2.45) is 11.8 Å². The SMILES string of the molecule is CCOC(=O)C1C(=O)CC(C)(O)C(C(=O)OCC)C1c1cc(Br)c2oc(C)c(C)c2c1. The van der Waals surface area contributed by atoms with Crippen molar-refractivity contribution in [3.63, 3.8) is 0 Å². The minimum Gasteiger partial charge on any atom is -0.466 e. The van der Waals surface area contributed by atoms with Gasteiger partial charge in [0.25, 0.3) is 0 Å². The standard InChI is InChI=1S/C23H27BrO7/c1-6-29-21(26)18-16(25)10-23(5,28)19(22(27)30-7-2)17(18)13-8-14-11(3)12(4)31-20(14)15(24)9-13/h8-9,17-19,28H,6-7,10H2,1-5H3. The molecule has 7 nitrogen and oxygen atoms in total. The zero-order valence-corrected chi connectivity index (χ0v) is 19.9. The molecule has 1 saturated carbocycles. The van der Waals surface area contributed by atoms with Crippen LogP contribution in [0.15, 0.2) is 21.0 Å². The summed E-state index contributed by atoms with van der Waals surface area (Å²) in [5, 5.41) is 11.9. The van der Waals surface area contributed by atoms with E-state index in [0.29, 0.717) is 15.6 Å². The molecule has 0 bridgehead atoms. The third kappa shape index (κ3) is 4.15. The molecule has 0 aliphatic heterocycles. The molecule has 0 saturated heterocycles. The van der Waals surface area contributed by atoms with Crippen LogP contribution in [-0.4, -0.2) is 41.6 Å². The number of benzene rings is 1. The maximum Gasteiger partial charge on any atom is 0.317 e. The van der Waals surface area contributed by atoms with Crippen molar-refractivity contribution in [2.75, 3.05) is 13.2 Å². The number of ketones is 1. The monoisotopic (exact) mass is 494 g/mol. The fourth-order valence-electron chi connectivity index (χ4n) is 4.49. The Bertz CT molecular complexity index is 1040. The number of rotatable bonds is 5. The average Bonchev–Trinajstić information content (AvgIpc) is 2.95. The molecule has 1 heterocycles. The average molecular weight is 495 g/mol. The maximum atomic E-state index is 13.0. The highest BCUT2D eigenvalue weighted by atomic mass is 79.9. The Kier molecular flexibility index (Phi) is 6.62. The van der Waals surface area contributed by atoms with Gasteiger partial charge in [-0.15, -0.1) is 0 Å². The van der Waals surface area contributed by atoms with Gasteiger partial charge in [-0.2, -0.15) is 0 Å². The van der Waals surface area contributed by atoms with Crippen molar-refractivity contribution in [1.29, 1.82) is 0 Å². The molecule has 2 aromatic rings. The Morgan fingerprint density at radius 1 is 1.19 bits per heavy atom. The molecule has 1 aromatic heterocycles. The van der Waals surface area contributed by atoms with E-state index in [4.69, 9.17) is 13.9 Å². The first-order valence-electron chi connectivity index (χ1n) is 10.3. The Morgan fingerprint density at radius 2 is 1.81 bits per heavy atom. The number of carbonyl (C=O) groups is 3. The summed E-state index contributed by atoms with van der Waals surface area (Å²) in [4.78, 5) is 38.8. The molecular formula is C23H27BrO7. The quantitative estimate of drug-likeness (QED) is 0.495. The number of Topliss-reactive ketones (excluding diaryl/α,β-unsaturated/α-hetero) is 1. The van der Waals surface area contributed by atoms with Crippen LogP contribution in [0.1, 0.15) is 50.0 Å². The molecule has 0 spiro atoms. The lowest BCUT2D eigenvalue weighted by Crippen LogP contribution is -2.55. The predicted octanol–water partition coefficient (Wildman–Crippen LogP) is 3.98. The third-order valence-corrected chi connectivity index (χ3v) is 6.58. The van der Waals surface area contributed by atoms with E-state index >= 15 is 0 Å². The highest BCUT2D eigenvalue weighted by Gasteiger charge is 2.57. The molecule has 8 heteroatoms. The summed E-state index contributed by atoms with van der Waals surface area (Å²) in [5.41, 5.74) is 0.410. The lowest BCUT2D eigenvalue weighted by atomic mass is 9.61. The van der Waals surface area contributed by atoms with Crippen molar-refractivity contribution in [3.8, 4) is 0 Å². The van der Waals surface area contributed by atoms with Crippen molar-refractivity contribution in [3.05, 3.63) is 33.5 Å². The van der Waals surface area contributed by atoms with Crippen LogP contribution in [-0.2, 0) is 23.9 Å². The van der Waals surface area contributed by atoms with E-state index < -0.39 is 41.1 Å². The van der Waals surface area contributed by atoms with Crippen LogP contribution >= 0.6 is 15.9 Å². The number of halogens is 1. The van der Waals surface area contributed by atoms with Gasteiger partial charge in [0.2, 0.25) is 0 Å². The molecule has 168 valence electrons. The smallest absolute Gasteiger partial charge is 0.317 e. The first kappa shape index (κ1) is 23.5. The number of aliphatic hydroxyl groups is 1. The number of hydrogen-bond acceptors (Lipinski definition) is 7. The molecule has 0 radical (unpaired) electrons. The second-order valence-electron chi connectivity index (χ2n) is 8.15. The Hall–Kier alpha value is -2.19. The van der Waals surface area contributed by atoms with Crippen LogP contribution in [0.25, 0.3) is 11.0 Å². The summed E-state index contributed by atoms with van der Waals surface area (Å²) in [6.07, 6.45) is -0.344. The summed E-state index contributed by atoms with van der Waals surface area (Å²) in [7, 11) is 0. The largest absolute Gasteiger partial charge is 0.466 e. The molecule has 1 N–H and O–H groups in total. The highest BCUT2D eigenvalue weighted by Crippen LogP contribution is 2.48. The van der Waals surface area contributed by atoms with Crippen molar-refractivity contribution < 1.29 is 33.4 Å². The van der Waals surface area contributed by atoms with Crippen LogP contribution in [0.2, 0.25) is 0 Å². The zero-order valence-electron chi connectivity index (χ0n) is 18.3. The van der Waals surface area contributed by atoms with Crippen molar-refractivity contribution >= 4 is 44.6 Å². The van der Waals surface area contributed by atoms with Gasteiger partial charge in [-0.1, -0.05) is 0 Å². The van der Waals surface area contributed by atoms with Crippen molar-refractivity contribution in [1.82, 2.24) is 0 Å². The van der Waals surface area contributed by atoms with Gasteiger partial charge in [0.05, 0.1) is 29.2 Å². The van der Waals surface area contributed by atoms with E-state index in [2.05, 4.69) is 15.9 Å². The summed E-state index contributed by atoms with van der Waals surface area (Å²) in [5.74, 6) is -4.41. The van der Waals surface area contributed by atoms with Gasteiger partial charge in [0.1, 0.15) is 17.3 Å². The molecule has 31 heavy (non-hydrogen) atoms. The molecule has 3 rings (SSSR count). The number of carbonyl (C=O) groups excluding carboxylic acids is 3. The van der Waals surface area contributed by atoms with Gasteiger partial charge in [-0.05, 0) is 73.8 Å². The van der Waals surface area contributed by atoms with Gasteiger partial charge in [0.15, 0.2) is 5.78 Å². The summed E-state index contributed by atoms with van der Waals surface area (Å²) in [6.45, 7) is 8.71. The number of ether oxygens (including phenoxy) is 2. The first-order valence-corrected chi connectivity index (χ1v) is 11.1. The molecule has 1 aliphatic carbocycles. The van der Waals surface area contributed by atoms with Crippen LogP contribution in [0.4, 0.5) is 0 Å². The van der Waals surface area contributed by atoms with Gasteiger partial charge in [0, 0.05) is 17.7 Å². The fraction of sp³-hybridized carbons (Fsp3) is 0.522. The molecular weight excluding hydrogens is 468 g/mol. The number of hydrogen-bond donors (Lipinski definition) is 1. The van der Waals surface area contributed by atoms with E-state index in [1.165, 1.54) is 6.92 Å². The maximum absolute atomic E-state index is 13.0. The number of aryl methyl sites for hydroxylation is 2. The van der Waals surface area contributed by atoms with E-state index in [9.17, 15) is 19.5 Å².